The molecular formula is C19H33IN4O2. The third-order valence-corrected chi connectivity index (χ3v) is 4.15. The molecule has 1 saturated heterocycles. The molecule has 1 aliphatic rings. The summed E-state index contributed by atoms with van der Waals surface area (Å²) in [7, 11) is 1.80. The minimum Gasteiger partial charge on any atom is -0.382 e. The van der Waals surface area contributed by atoms with Crippen LogP contribution in [0.1, 0.15) is 24.5 Å². The van der Waals surface area contributed by atoms with Crippen molar-refractivity contribution in [3.05, 3.63) is 35.4 Å². The number of benzene rings is 1. The number of aliphatic imine (C=N–C) groups is 1. The summed E-state index contributed by atoms with van der Waals surface area (Å²) in [6.45, 7) is 9.89. The van der Waals surface area contributed by atoms with E-state index in [-0.39, 0.29) is 24.0 Å². The maximum Gasteiger partial charge on any atom is 0.191 e. The van der Waals surface area contributed by atoms with E-state index in [2.05, 4.69) is 44.8 Å². The van der Waals surface area contributed by atoms with Gasteiger partial charge in [-0.3, -0.25) is 9.89 Å². The van der Waals surface area contributed by atoms with Crippen molar-refractivity contribution in [2.75, 3.05) is 53.1 Å². The lowest BCUT2D eigenvalue weighted by molar-refractivity contribution is 0.0342. The summed E-state index contributed by atoms with van der Waals surface area (Å²) in [5.74, 6) is 0.829. The molecule has 0 amide bonds. The highest BCUT2D eigenvalue weighted by atomic mass is 127. The minimum atomic E-state index is 0. The highest BCUT2D eigenvalue weighted by Gasteiger charge is 2.10. The Labute approximate surface area is 174 Å². The Morgan fingerprint density at radius 1 is 1.23 bits per heavy atom. The normalized spacial score (nSPS) is 15.4. The third kappa shape index (κ3) is 9.16. The molecule has 0 saturated carbocycles. The Morgan fingerprint density at radius 2 is 2.00 bits per heavy atom. The van der Waals surface area contributed by atoms with Crippen LogP contribution in [0.5, 0.6) is 0 Å². The largest absolute Gasteiger partial charge is 0.382 e. The molecule has 26 heavy (non-hydrogen) atoms. The fourth-order valence-electron chi connectivity index (χ4n) is 2.79. The van der Waals surface area contributed by atoms with Crippen molar-refractivity contribution in [3.63, 3.8) is 0 Å². The number of guanidine groups is 1. The molecule has 0 bridgehead atoms. The first-order valence-corrected chi connectivity index (χ1v) is 9.22. The van der Waals surface area contributed by atoms with Gasteiger partial charge in [0, 0.05) is 53.0 Å². The van der Waals surface area contributed by atoms with E-state index in [4.69, 9.17) is 9.47 Å². The fourth-order valence-corrected chi connectivity index (χ4v) is 2.79. The topological polar surface area (TPSA) is 58.1 Å². The number of hydrogen-bond donors (Lipinski definition) is 2. The lowest BCUT2D eigenvalue weighted by atomic mass is 10.1. The second-order valence-corrected chi connectivity index (χ2v) is 6.11. The van der Waals surface area contributed by atoms with Crippen LogP contribution in [0.4, 0.5) is 0 Å². The van der Waals surface area contributed by atoms with E-state index in [1.165, 1.54) is 11.1 Å². The van der Waals surface area contributed by atoms with E-state index in [0.29, 0.717) is 0 Å². The van der Waals surface area contributed by atoms with Gasteiger partial charge in [0.25, 0.3) is 0 Å². The van der Waals surface area contributed by atoms with Crippen LogP contribution in [0.25, 0.3) is 0 Å². The number of halogens is 1. The highest BCUT2D eigenvalue weighted by Crippen LogP contribution is 2.10. The van der Waals surface area contributed by atoms with E-state index in [0.717, 1.165) is 71.5 Å². The van der Waals surface area contributed by atoms with Crippen molar-refractivity contribution >= 4 is 29.9 Å². The molecule has 2 rings (SSSR count). The van der Waals surface area contributed by atoms with Gasteiger partial charge in [0.2, 0.25) is 0 Å². The van der Waals surface area contributed by atoms with Crippen molar-refractivity contribution in [1.82, 2.24) is 15.5 Å². The van der Waals surface area contributed by atoms with Crippen LogP contribution in [0.15, 0.2) is 29.3 Å². The van der Waals surface area contributed by atoms with Gasteiger partial charge in [0.15, 0.2) is 5.96 Å². The molecule has 0 atom stereocenters. The molecule has 0 aromatic heterocycles. The first kappa shape index (κ1) is 23.1. The van der Waals surface area contributed by atoms with E-state index in [1.807, 2.05) is 6.92 Å². The molecule has 7 heteroatoms. The summed E-state index contributed by atoms with van der Waals surface area (Å²) >= 11 is 0. The van der Waals surface area contributed by atoms with Gasteiger partial charge < -0.3 is 20.1 Å². The van der Waals surface area contributed by atoms with E-state index >= 15 is 0 Å². The van der Waals surface area contributed by atoms with Gasteiger partial charge >= 0.3 is 0 Å². The average molecular weight is 476 g/mol. The molecule has 0 aliphatic carbocycles. The van der Waals surface area contributed by atoms with Crippen LogP contribution in [-0.2, 0) is 22.6 Å². The van der Waals surface area contributed by atoms with Crippen molar-refractivity contribution in [2.24, 2.45) is 4.99 Å². The van der Waals surface area contributed by atoms with Crippen LogP contribution in [-0.4, -0.2) is 64.0 Å². The van der Waals surface area contributed by atoms with Gasteiger partial charge in [-0.25, -0.2) is 0 Å². The zero-order chi connectivity index (χ0) is 17.7. The van der Waals surface area contributed by atoms with Gasteiger partial charge in [0.05, 0.1) is 13.2 Å². The number of nitrogens with one attached hydrogen (secondary N) is 2. The van der Waals surface area contributed by atoms with Crippen LogP contribution in [0, 0.1) is 0 Å². The number of rotatable bonds is 9. The fraction of sp³-hybridized carbons (Fsp3) is 0.632. The maximum absolute atomic E-state index is 5.41. The maximum atomic E-state index is 5.41. The summed E-state index contributed by atoms with van der Waals surface area (Å²) in [6.07, 6.45) is 0.976. The first-order valence-electron chi connectivity index (χ1n) is 9.22. The molecule has 1 heterocycles. The van der Waals surface area contributed by atoms with Gasteiger partial charge in [0.1, 0.15) is 0 Å². The molecule has 1 aliphatic heterocycles. The van der Waals surface area contributed by atoms with E-state index in [9.17, 15) is 0 Å². The molecule has 148 valence electrons. The average Bonchev–Trinajstić information content (AvgIpc) is 2.65. The molecule has 0 spiro atoms. The second-order valence-electron chi connectivity index (χ2n) is 6.11. The number of morpholine rings is 1. The molecule has 2 N–H and O–H groups in total. The summed E-state index contributed by atoms with van der Waals surface area (Å²) < 4.78 is 10.8. The van der Waals surface area contributed by atoms with Crippen molar-refractivity contribution in [1.29, 1.82) is 0 Å². The monoisotopic (exact) mass is 476 g/mol. The Hall–Kier alpha value is -0.900. The molecular weight excluding hydrogens is 443 g/mol. The van der Waals surface area contributed by atoms with Crippen LogP contribution in [0.2, 0.25) is 0 Å². The summed E-state index contributed by atoms with van der Waals surface area (Å²) in [6, 6.07) is 8.74. The Morgan fingerprint density at radius 3 is 2.73 bits per heavy atom. The first-order chi connectivity index (χ1) is 12.3. The molecule has 1 aromatic carbocycles. The van der Waals surface area contributed by atoms with Crippen LogP contribution >= 0.6 is 24.0 Å². The van der Waals surface area contributed by atoms with E-state index < -0.39 is 0 Å². The van der Waals surface area contributed by atoms with Crippen LogP contribution < -0.4 is 10.6 Å². The van der Waals surface area contributed by atoms with Gasteiger partial charge in [-0.2, -0.15) is 0 Å². The SMILES string of the molecule is CCOCCCNC(=NC)NCc1cccc(CN2CCOCC2)c1.I. The number of nitrogens with zero attached hydrogens (tertiary/aromatic N) is 2. The standard InChI is InChI=1S/C19H32N4O2.HI/c1-3-24-11-5-8-21-19(20-2)22-15-17-6-4-7-18(14-17)16-23-9-12-25-13-10-23;/h4,6-7,14H,3,5,8-13,15-16H2,1-2H3,(H2,20,21,22);1H. The predicted molar refractivity (Wildman–Crippen MR) is 117 cm³/mol. The Bertz CT molecular complexity index is 522. The molecule has 1 aromatic rings. The van der Waals surface area contributed by atoms with Gasteiger partial charge in [-0.05, 0) is 24.5 Å². The summed E-state index contributed by atoms with van der Waals surface area (Å²) in [5, 5.41) is 6.69. The quantitative estimate of drug-likeness (QED) is 0.248. The summed E-state index contributed by atoms with van der Waals surface area (Å²) in [4.78, 5) is 6.71. The molecule has 0 radical (unpaired) electrons. The summed E-state index contributed by atoms with van der Waals surface area (Å²) in [5.41, 5.74) is 2.61. The molecule has 0 unspecified atom stereocenters. The molecule has 1 fully saturated rings. The smallest absolute Gasteiger partial charge is 0.191 e. The van der Waals surface area contributed by atoms with Gasteiger partial charge in [-0.1, -0.05) is 24.3 Å². The highest BCUT2D eigenvalue weighted by molar-refractivity contribution is 14.0. The zero-order valence-corrected chi connectivity index (χ0v) is 18.3. The van der Waals surface area contributed by atoms with Crippen LogP contribution in [0.3, 0.4) is 0 Å². The zero-order valence-electron chi connectivity index (χ0n) is 16.0. The predicted octanol–water partition coefficient (Wildman–Crippen LogP) is 2.23. The van der Waals surface area contributed by atoms with Crippen molar-refractivity contribution in [3.8, 4) is 0 Å². The minimum absolute atomic E-state index is 0. The van der Waals surface area contributed by atoms with Crippen molar-refractivity contribution < 1.29 is 9.47 Å². The Balaban J connectivity index is 0.00000338. The lowest BCUT2D eigenvalue weighted by Crippen LogP contribution is -2.37. The Kier molecular flexibility index (Phi) is 12.6. The number of ether oxygens (including phenoxy) is 2. The third-order valence-electron chi connectivity index (χ3n) is 4.15. The number of hydrogen-bond acceptors (Lipinski definition) is 4. The second kappa shape index (κ2) is 14.2. The van der Waals surface area contributed by atoms with Gasteiger partial charge in [-0.15, -0.1) is 24.0 Å². The van der Waals surface area contributed by atoms with Crippen molar-refractivity contribution in [2.45, 2.75) is 26.4 Å². The molecule has 6 nitrogen and oxygen atoms in total. The van der Waals surface area contributed by atoms with E-state index in [1.54, 1.807) is 7.05 Å². The lowest BCUT2D eigenvalue weighted by Gasteiger charge is -2.26.